The fourth-order valence-electron chi connectivity index (χ4n) is 4.07. The molecule has 1 aliphatic rings. The highest BCUT2D eigenvalue weighted by Crippen LogP contribution is 2.37. The number of hydrogen-bond acceptors (Lipinski definition) is 7. The van der Waals surface area contributed by atoms with Crippen LogP contribution in [0.1, 0.15) is 19.8 Å². The molecule has 4 rings (SSSR count). The Morgan fingerprint density at radius 1 is 1.15 bits per heavy atom. The Kier molecular flexibility index (Phi) is 8.37. The SMILES string of the molecule is CCCN(c1ccc(F)c(Cl)c1)c1ncnc2cc(OC)c(OCCCN3CCOCC3)cc12. The van der Waals surface area contributed by atoms with E-state index in [1.807, 2.05) is 17.0 Å². The van der Waals surface area contributed by atoms with Gasteiger partial charge in [-0.1, -0.05) is 18.5 Å². The minimum atomic E-state index is -0.452. The van der Waals surface area contributed by atoms with Crippen molar-refractivity contribution in [1.82, 2.24) is 14.9 Å². The van der Waals surface area contributed by atoms with Crippen LogP contribution in [0.15, 0.2) is 36.7 Å². The summed E-state index contributed by atoms with van der Waals surface area (Å²) in [5.74, 6) is 1.51. The summed E-state index contributed by atoms with van der Waals surface area (Å²) in [5, 5.41) is 0.892. The van der Waals surface area contributed by atoms with Gasteiger partial charge in [-0.15, -0.1) is 0 Å². The van der Waals surface area contributed by atoms with Crippen molar-refractivity contribution in [3.63, 3.8) is 0 Å². The van der Waals surface area contributed by atoms with Gasteiger partial charge < -0.3 is 19.1 Å². The van der Waals surface area contributed by atoms with Gasteiger partial charge in [0.15, 0.2) is 11.5 Å². The molecule has 0 N–H and O–H groups in total. The molecule has 0 spiro atoms. The number of anilines is 2. The van der Waals surface area contributed by atoms with E-state index < -0.39 is 5.82 Å². The van der Waals surface area contributed by atoms with E-state index in [2.05, 4.69) is 21.8 Å². The third-order valence-corrected chi connectivity index (χ3v) is 6.09. The number of aromatic nitrogens is 2. The van der Waals surface area contributed by atoms with Gasteiger partial charge in [0.05, 0.1) is 37.5 Å². The molecule has 0 aliphatic carbocycles. The van der Waals surface area contributed by atoms with E-state index in [-0.39, 0.29) is 5.02 Å². The molecule has 0 atom stereocenters. The number of morpholine rings is 1. The first-order valence-corrected chi connectivity index (χ1v) is 12.0. The van der Waals surface area contributed by atoms with Crippen molar-refractivity contribution >= 4 is 34.0 Å². The lowest BCUT2D eigenvalue weighted by atomic mass is 10.1. The molecule has 1 aromatic heterocycles. The van der Waals surface area contributed by atoms with E-state index in [1.165, 1.54) is 12.4 Å². The van der Waals surface area contributed by atoms with Crippen molar-refractivity contribution in [2.24, 2.45) is 0 Å². The van der Waals surface area contributed by atoms with E-state index in [0.717, 1.165) is 62.3 Å². The Balaban J connectivity index is 1.61. The number of rotatable bonds is 10. The standard InChI is InChI=1S/C25H30ClFN4O3/c1-3-7-31(18-5-6-21(27)20(26)14-18)25-19-15-24(23(32-2)16-22(19)28-17-29-25)34-11-4-8-30-9-12-33-13-10-30/h5-6,14-17H,3-4,7-13H2,1-2H3. The maximum atomic E-state index is 13.8. The topological polar surface area (TPSA) is 60.0 Å². The minimum absolute atomic E-state index is 0.0722. The molecule has 2 aromatic carbocycles. The van der Waals surface area contributed by atoms with Gasteiger partial charge in [-0.2, -0.15) is 0 Å². The number of nitrogens with zero attached hydrogens (tertiary/aromatic N) is 4. The van der Waals surface area contributed by atoms with E-state index in [9.17, 15) is 4.39 Å². The summed E-state index contributed by atoms with van der Waals surface area (Å²) < 4.78 is 30.9. The van der Waals surface area contributed by atoms with Gasteiger partial charge in [0.1, 0.15) is 18.0 Å². The first-order chi connectivity index (χ1) is 16.6. The summed E-state index contributed by atoms with van der Waals surface area (Å²) in [7, 11) is 1.62. The number of benzene rings is 2. The molecule has 2 heterocycles. The quantitative estimate of drug-likeness (QED) is 0.369. The Morgan fingerprint density at radius 3 is 2.71 bits per heavy atom. The summed E-state index contributed by atoms with van der Waals surface area (Å²) in [6.07, 6.45) is 3.28. The van der Waals surface area contributed by atoms with E-state index >= 15 is 0 Å². The molecule has 9 heteroatoms. The van der Waals surface area contributed by atoms with Crippen LogP contribution in [-0.4, -0.2) is 68.0 Å². The van der Waals surface area contributed by atoms with Gasteiger partial charge in [0.25, 0.3) is 0 Å². The van der Waals surface area contributed by atoms with Crippen LogP contribution < -0.4 is 14.4 Å². The summed E-state index contributed by atoms with van der Waals surface area (Å²) in [6.45, 7) is 7.77. The number of ether oxygens (including phenoxy) is 3. The van der Waals surface area contributed by atoms with Crippen LogP contribution >= 0.6 is 11.6 Å². The lowest BCUT2D eigenvalue weighted by molar-refractivity contribution is 0.0357. The molecule has 34 heavy (non-hydrogen) atoms. The van der Waals surface area contributed by atoms with E-state index in [0.29, 0.717) is 30.5 Å². The van der Waals surface area contributed by atoms with Gasteiger partial charge in [-0.3, -0.25) is 4.90 Å². The number of hydrogen-bond donors (Lipinski definition) is 0. The molecular weight excluding hydrogens is 459 g/mol. The van der Waals surface area contributed by atoms with Crippen LogP contribution in [0.25, 0.3) is 10.9 Å². The van der Waals surface area contributed by atoms with Gasteiger partial charge in [0, 0.05) is 43.3 Å². The third kappa shape index (κ3) is 5.68. The molecule has 1 fully saturated rings. The smallest absolute Gasteiger partial charge is 0.162 e. The third-order valence-electron chi connectivity index (χ3n) is 5.80. The van der Waals surface area contributed by atoms with Crippen LogP contribution in [0, 0.1) is 5.82 Å². The van der Waals surface area contributed by atoms with Crippen LogP contribution in [0.2, 0.25) is 5.02 Å². The minimum Gasteiger partial charge on any atom is -0.493 e. The average Bonchev–Trinajstić information content (AvgIpc) is 2.87. The van der Waals surface area contributed by atoms with Crippen molar-refractivity contribution in [2.75, 3.05) is 58.0 Å². The lowest BCUT2D eigenvalue weighted by Gasteiger charge is -2.26. The molecule has 0 saturated carbocycles. The zero-order chi connectivity index (χ0) is 23.9. The predicted octanol–water partition coefficient (Wildman–Crippen LogP) is 5.08. The maximum Gasteiger partial charge on any atom is 0.162 e. The van der Waals surface area contributed by atoms with Gasteiger partial charge >= 0.3 is 0 Å². The monoisotopic (exact) mass is 488 g/mol. The van der Waals surface area contributed by atoms with Crippen molar-refractivity contribution in [3.8, 4) is 11.5 Å². The maximum absolute atomic E-state index is 13.8. The van der Waals surface area contributed by atoms with Gasteiger partial charge in [-0.25, -0.2) is 14.4 Å². The molecule has 0 amide bonds. The van der Waals surface area contributed by atoms with Crippen LogP contribution in [0.3, 0.4) is 0 Å². The molecular formula is C25H30ClFN4O3. The zero-order valence-electron chi connectivity index (χ0n) is 19.6. The van der Waals surface area contributed by atoms with Crippen LogP contribution in [0.5, 0.6) is 11.5 Å². The summed E-state index contributed by atoms with van der Waals surface area (Å²) in [5.41, 5.74) is 1.49. The summed E-state index contributed by atoms with van der Waals surface area (Å²) in [4.78, 5) is 13.4. The second-order valence-electron chi connectivity index (χ2n) is 8.12. The molecule has 0 unspecified atom stereocenters. The highest BCUT2D eigenvalue weighted by atomic mass is 35.5. The van der Waals surface area contributed by atoms with Crippen LogP contribution in [-0.2, 0) is 4.74 Å². The summed E-state index contributed by atoms with van der Waals surface area (Å²) >= 11 is 6.07. The van der Waals surface area contributed by atoms with E-state index in [4.69, 9.17) is 25.8 Å². The van der Waals surface area contributed by atoms with Crippen molar-refractivity contribution in [2.45, 2.75) is 19.8 Å². The van der Waals surface area contributed by atoms with Gasteiger partial charge in [0.2, 0.25) is 0 Å². The van der Waals surface area contributed by atoms with Gasteiger partial charge in [-0.05, 0) is 37.1 Å². The zero-order valence-corrected chi connectivity index (χ0v) is 20.4. The highest BCUT2D eigenvalue weighted by molar-refractivity contribution is 6.31. The Hall–Kier alpha value is -2.68. The Bertz CT molecular complexity index is 1110. The fraction of sp³-hybridized carbons (Fsp3) is 0.440. The number of halogens is 2. The Morgan fingerprint density at radius 2 is 1.97 bits per heavy atom. The molecule has 1 aliphatic heterocycles. The molecule has 1 saturated heterocycles. The van der Waals surface area contributed by atoms with Crippen LogP contribution in [0.4, 0.5) is 15.9 Å². The Labute approximate surface area is 204 Å². The molecule has 7 nitrogen and oxygen atoms in total. The van der Waals surface area contributed by atoms with E-state index in [1.54, 1.807) is 19.2 Å². The number of fused-ring (bicyclic) bond motifs is 1. The highest BCUT2D eigenvalue weighted by Gasteiger charge is 2.18. The molecule has 182 valence electrons. The number of methoxy groups -OCH3 is 1. The molecule has 0 radical (unpaired) electrons. The van der Waals surface area contributed by atoms with Crippen molar-refractivity contribution in [1.29, 1.82) is 0 Å². The summed E-state index contributed by atoms with van der Waals surface area (Å²) in [6, 6.07) is 8.48. The first kappa shape index (κ1) is 24.4. The predicted molar refractivity (Wildman–Crippen MR) is 132 cm³/mol. The second-order valence-corrected chi connectivity index (χ2v) is 8.53. The largest absolute Gasteiger partial charge is 0.493 e. The second kappa shape index (κ2) is 11.6. The molecule has 3 aromatic rings. The normalized spacial score (nSPS) is 14.4. The van der Waals surface area contributed by atoms with Crippen molar-refractivity contribution in [3.05, 3.63) is 47.5 Å². The lowest BCUT2D eigenvalue weighted by Crippen LogP contribution is -2.37. The molecule has 0 bridgehead atoms. The average molecular weight is 489 g/mol. The fourth-order valence-corrected chi connectivity index (χ4v) is 4.24. The van der Waals surface area contributed by atoms with Crippen molar-refractivity contribution < 1.29 is 18.6 Å². The first-order valence-electron chi connectivity index (χ1n) is 11.6.